The molecule has 1 aromatic carbocycles. The maximum absolute atomic E-state index is 12.2. The van der Waals surface area contributed by atoms with Crippen molar-refractivity contribution in [2.24, 2.45) is 5.92 Å². The highest BCUT2D eigenvalue weighted by Crippen LogP contribution is 2.16. The molecule has 1 aliphatic rings. The Hall–Kier alpha value is -0.760. The van der Waals surface area contributed by atoms with Gasteiger partial charge in [-0.15, -0.1) is 0 Å². The number of sulfonamides is 1. The summed E-state index contributed by atoms with van der Waals surface area (Å²) in [4.78, 5) is 3.16. The van der Waals surface area contributed by atoms with Crippen molar-refractivity contribution in [3.63, 3.8) is 0 Å². The molecule has 1 N–H and O–H groups in total. The molecule has 2 atom stereocenters. The number of benzene rings is 1. The second-order valence-corrected chi connectivity index (χ2v) is 9.20. The Balaban J connectivity index is 1.77. The maximum Gasteiger partial charge on any atom is 0.208 e. The molecule has 7 heteroatoms. The molecule has 1 aliphatic heterocycles. The van der Waals surface area contributed by atoms with Gasteiger partial charge in [-0.2, -0.15) is 0 Å². The van der Waals surface area contributed by atoms with E-state index in [9.17, 15) is 12.6 Å². The summed E-state index contributed by atoms with van der Waals surface area (Å²) in [6, 6.07) is 9.52. The van der Waals surface area contributed by atoms with E-state index in [1.165, 1.54) is 6.26 Å². The van der Waals surface area contributed by atoms with Gasteiger partial charge >= 0.3 is 0 Å². The lowest BCUT2D eigenvalue weighted by Gasteiger charge is -2.32. The standard InChI is InChI=1S/C15H24N2O3S2/c1-22(19,20)16-12-14-6-5-9-17(13-14)10-11-21(18)15-7-3-2-4-8-15/h2-4,7-8,14,16H,5-6,9-13H2,1H3/t14-,21+/m1/s1. The van der Waals surface area contributed by atoms with Gasteiger partial charge in [0.2, 0.25) is 10.0 Å². The molecule has 0 radical (unpaired) electrons. The first-order valence-electron chi connectivity index (χ1n) is 7.54. The minimum Gasteiger partial charge on any atom is -0.302 e. The van der Waals surface area contributed by atoms with Crippen molar-refractivity contribution in [2.75, 3.05) is 38.2 Å². The Morgan fingerprint density at radius 2 is 2.05 bits per heavy atom. The number of likely N-dealkylation sites (tertiary alicyclic amines) is 1. The minimum atomic E-state index is -3.12. The van der Waals surface area contributed by atoms with Crippen LogP contribution in [0, 0.1) is 5.92 Å². The average Bonchev–Trinajstić information content (AvgIpc) is 2.51. The average molecular weight is 345 g/mol. The van der Waals surface area contributed by atoms with Gasteiger partial charge in [0.1, 0.15) is 0 Å². The van der Waals surface area contributed by atoms with Gasteiger partial charge in [-0.3, -0.25) is 4.21 Å². The fourth-order valence-electron chi connectivity index (χ4n) is 2.69. The molecule has 0 unspecified atom stereocenters. The van der Waals surface area contributed by atoms with Crippen molar-refractivity contribution in [1.29, 1.82) is 0 Å². The Bertz CT molecular complexity index is 590. The van der Waals surface area contributed by atoms with E-state index in [4.69, 9.17) is 0 Å². The van der Waals surface area contributed by atoms with Crippen molar-refractivity contribution < 1.29 is 12.6 Å². The van der Waals surface area contributed by atoms with Gasteiger partial charge in [-0.25, -0.2) is 13.1 Å². The zero-order valence-corrected chi connectivity index (χ0v) is 14.5. The molecule has 1 saturated heterocycles. The molecule has 2 rings (SSSR count). The van der Waals surface area contributed by atoms with Crippen LogP contribution in [-0.4, -0.2) is 55.7 Å². The SMILES string of the molecule is CS(=O)(=O)NC[C@H]1CCCN(CC[S@](=O)c2ccccc2)C1. The molecule has 5 nitrogen and oxygen atoms in total. The fraction of sp³-hybridized carbons (Fsp3) is 0.600. The van der Waals surface area contributed by atoms with E-state index in [0.29, 0.717) is 18.2 Å². The van der Waals surface area contributed by atoms with Crippen LogP contribution in [0.3, 0.4) is 0 Å². The lowest BCUT2D eigenvalue weighted by Crippen LogP contribution is -2.42. The van der Waals surface area contributed by atoms with Gasteiger partial charge in [-0.1, -0.05) is 18.2 Å². The highest BCUT2D eigenvalue weighted by Gasteiger charge is 2.21. The molecule has 124 valence electrons. The molecule has 0 bridgehead atoms. The normalized spacial score (nSPS) is 21.6. The Labute approximate surface area is 135 Å². The summed E-state index contributed by atoms with van der Waals surface area (Å²) in [6.07, 6.45) is 3.30. The van der Waals surface area contributed by atoms with Gasteiger partial charge in [0.25, 0.3) is 0 Å². The van der Waals surface area contributed by atoms with Gasteiger partial charge in [-0.05, 0) is 37.4 Å². The second-order valence-electron chi connectivity index (χ2n) is 5.79. The summed E-state index contributed by atoms with van der Waals surface area (Å²) in [5, 5.41) is 0. The van der Waals surface area contributed by atoms with Crippen molar-refractivity contribution in [2.45, 2.75) is 17.7 Å². The van der Waals surface area contributed by atoms with Crippen molar-refractivity contribution >= 4 is 20.8 Å². The van der Waals surface area contributed by atoms with E-state index in [-0.39, 0.29) is 0 Å². The zero-order valence-electron chi connectivity index (χ0n) is 12.9. The zero-order chi connectivity index (χ0) is 16.0. The van der Waals surface area contributed by atoms with Gasteiger partial charge in [0, 0.05) is 30.3 Å². The van der Waals surface area contributed by atoms with Crippen molar-refractivity contribution in [3.05, 3.63) is 30.3 Å². The highest BCUT2D eigenvalue weighted by molar-refractivity contribution is 7.88. The molecular formula is C15H24N2O3S2. The maximum atomic E-state index is 12.2. The number of nitrogens with one attached hydrogen (secondary N) is 1. The predicted molar refractivity (Wildman–Crippen MR) is 89.7 cm³/mol. The van der Waals surface area contributed by atoms with Gasteiger partial charge < -0.3 is 4.90 Å². The summed E-state index contributed by atoms with van der Waals surface area (Å²) in [7, 11) is -4.09. The third kappa shape index (κ3) is 6.16. The van der Waals surface area contributed by atoms with E-state index in [1.54, 1.807) is 0 Å². The first kappa shape index (κ1) is 17.6. The number of hydrogen-bond acceptors (Lipinski definition) is 4. The molecule has 1 heterocycles. The third-order valence-electron chi connectivity index (χ3n) is 3.84. The molecule has 0 saturated carbocycles. The van der Waals surface area contributed by atoms with Crippen LogP contribution >= 0.6 is 0 Å². The Morgan fingerprint density at radius 1 is 1.32 bits per heavy atom. The van der Waals surface area contributed by atoms with E-state index in [2.05, 4.69) is 9.62 Å². The van der Waals surface area contributed by atoms with E-state index in [1.807, 2.05) is 30.3 Å². The van der Waals surface area contributed by atoms with Crippen LogP contribution in [0.5, 0.6) is 0 Å². The van der Waals surface area contributed by atoms with E-state index in [0.717, 1.165) is 37.4 Å². The first-order chi connectivity index (χ1) is 10.4. The summed E-state index contributed by atoms with van der Waals surface area (Å²) in [5.41, 5.74) is 0. The summed E-state index contributed by atoms with van der Waals surface area (Å²) in [5.74, 6) is 0.963. The first-order valence-corrected chi connectivity index (χ1v) is 10.8. The van der Waals surface area contributed by atoms with Gasteiger partial charge in [0.05, 0.1) is 17.1 Å². The van der Waals surface area contributed by atoms with Crippen LogP contribution in [0.1, 0.15) is 12.8 Å². The van der Waals surface area contributed by atoms with Crippen molar-refractivity contribution in [3.8, 4) is 0 Å². The number of rotatable bonds is 7. The quantitative estimate of drug-likeness (QED) is 0.803. The molecule has 0 spiro atoms. The largest absolute Gasteiger partial charge is 0.302 e. The molecule has 0 aliphatic carbocycles. The predicted octanol–water partition coefficient (Wildman–Crippen LogP) is 1.06. The Morgan fingerprint density at radius 3 is 2.73 bits per heavy atom. The number of hydrogen-bond donors (Lipinski definition) is 1. The number of piperidine rings is 1. The van der Waals surface area contributed by atoms with Gasteiger partial charge in [0.15, 0.2) is 0 Å². The van der Waals surface area contributed by atoms with Crippen LogP contribution < -0.4 is 4.72 Å². The topological polar surface area (TPSA) is 66.5 Å². The molecule has 22 heavy (non-hydrogen) atoms. The molecule has 0 aromatic heterocycles. The molecule has 1 fully saturated rings. The van der Waals surface area contributed by atoms with Crippen LogP contribution in [0.15, 0.2) is 35.2 Å². The smallest absolute Gasteiger partial charge is 0.208 e. The third-order valence-corrected chi connectivity index (χ3v) is 5.88. The lowest BCUT2D eigenvalue weighted by molar-refractivity contribution is 0.185. The monoisotopic (exact) mass is 344 g/mol. The second kappa shape index (κ2) is 8.19. The molecule has 0 amide bonds. The molecular weight excluding hydrogens is 320 g/mol. The van der Waals surface area contributed by atoms with Crippen LogP contribution in [0.4, 0.5) is 0 Å². The minimum absolute atomic E-state index is 0.341. The number of nitrogens with zero attached hydrogens (tertiary/aromatic N) is 1. The highest BCUT2D eigenvalue weighted by atomic mass is 32.2. The summed E-state index contributed by atoms with van der Waals surface area (Å²) < 4.78 is 37.1. The lowest BCUT2D eigenvalue weighted by atomic mass is 9.98. The van der Waals surface area contributed by atoms with Crippen LogP contribution in [-0.2, 0) is 20.8 Å². The van der Waals surface area contributed by atoms with Crippen LogP contribution in [0.25, 0.3) is 0 Å². The van der Waals surface area contributed by atoms with E-state index < -0.39 is 20.8 Å². The summed E-state index contributed by atoms with van der Waals surface area (Å²) >= 11 is 0. The summed E-state index contributed by atoms with van der Waals surface area (Å²) in [6.45, 7) is 3.16. The van der Waals surface area contributed by atoms with Crippen molar-refractivity contribution in [1.82, 2.24) is 9.62 Å². The Kier molecular flexibility index (Phi) is 6.55. The fourth-order valence-corrected chi connectivity index (χ4v) is 4.35. The van der Waals surface area contributed by atoms with E-state index >= 15 is 0 Å². The van der Waals surface area contributed by atoms with Crippen LogP contribution in [0.2, 0.25) is 0 Å². The molecule has 1 aromatic rings.